The van der Waals surface area contributed by atoms with Gasteiger partial charge in [-0.05, 0) is 44.2 Å². The van der Waals surface area contributed by atoms with E-state index in [9.17, 15) is 4.79 Å². The highest BCUT2D eigenvalue weighted by Crippen LogP contribution is 2.43. The van der Waals surface area contributed by atoms with Gasteiger partial charge >= 0.3 is 0 Å². The van der Waals surface area contributed by atoms with Crippen LogP contribution in [0.2, 0.25) is 5.02 Å². The molecule has 2 aromatic heterocycles. The molecule has 194 valence electrons. The fraction of sp³-hybridized carbons (Fsp3) is 0.462. The van der Waals surface area contributed by atoms with Crippen LogP contribution in [-0.4, -0.2) is 32.3 Å². The molecule has 0 bridgehead atoms. The Hall–Kier alpha value is -3.33. The van der Waals surface area contributed by atoms with Crippen molar-refractivity contribution >= 4 is 29.1 Å². The van der Waals surface area contributed by atoms with Crippen LogP contribution in [-0.2, 0) is 11.3 Å². The number of hydrogen-bond acceptors (Lipinski definition) is 7. The minimum Gasteiger partial charge on any atom is -0.493 e. The van der Waals surface area contributed by atoms with Gasteiger partial charge in [0.2, 0.25) is 5.91 Å². The van der Waals surface area contributed by atoms with Gasteiger partial charge in [0.05, 0.1) is 18.8 Å². The van der Waals surface area contributed by atoms with Crippen LogP contribution in [0.3, 0.4) is 0 Å². The smallest absolute Gasteiger partial charge is 0.239 e. The Morgan fingerprint density at radius 2 is 1.97 bits per heavy atom. The van der Waals surface area contributed by atoms with E-state index in [1.165, 1.54) is 11.0 Å². The van der Waals surface area contributed by atoms with Crippen molar-refractivity contribution in [2.45, 2.75) is 66.5 Å². The lowest BCUT2D eigenvalue weighted by molar-refractivity contribution is -0.118. The molecular formula is C26H36ClN7O2. The summed E-state index contributed by atoms with van der Waals surface area (Å²) in [5.74, 6) is 1.97. The van der Waals surface area contributed by atoms with Crippen molar-refractivity contribution in [3.63, 3.8) is 0 Å². The zero-order valence-corrected chi connectivity index (χ0v) is 22.6. The Morgan fingerprint density at radius 3 is 2.61 bits per heavy atom. The average molecular weight is 514 g/mol. The molecule has 3 unspecified atom stereocenters. The molecule has 10 heteroatoms. The first-order valence-electron chi connectivity index (χ1n) is 12.2. The van der Waals surface area contributed by atoms with Gasteiger partial charge in [-0.3, -0.25) is 9.48 Å². The minimum atomic E-state index is -0.470. The topological polar surface area (TPSA) is 134 Å². The highest BCUT2D eigenvalue weighted by atomic mass is 35.5. The van der Waals surface area contributed by atoms with Crippen LogP contribution < -0.4 is 21.5 Å². The van der Waals surface area contributed by atoms with Crippen molar-refractivity contribution in [3.05, 3.63) is 46.5 Å². The standard InChI is InChI=1S/C26H36ClN7O2/c1-7-14(3)15(4)23-25(29)30-13-31-26(23)33-17(6)19-9-20(27)16(5)22(24(19)36-8-2)18-10-32-34(11-18)12-21(28)35/h9-11,13-15,17H,7-8,12H2,1-6H3,(H2,28,35)(H3,29,30,31,33). The number of anilines is 2. The second kappa shape index (κ2) is 11.6. The van der Waals surface area contributed by atoms with Gasteiger partial charge in [0.1, 0.15) is 30.3 Å². The molecule has 0 fully saturated rings. The van der Waals surface area contributed by atoms with Crippen molar-refractivity contribution < 1.29 is 9.53 Å². The summed E-state index contributed by atoms with van der Waals surface area (Å²) in [6.45, 7) is 12.8. The van der Waals surface area contributed by atoms with Crippen LogP contribution in [0.5, 0.6) is 5.75 Å². The molecule has 0 saturated carbocycles. The Labute approximate surface area is 217 Å². The fourth-order valence-electron chi connectivity index (χ4n) is 4.35. The molecule has 1 amide bonds. The second-order valence-corrected chi connectivity index (χ2v) is 9.57. The molecular weight excluding hydrogens is 478 g/mol. The lowest BCUT2D eigenvalue weighted by Gasteiger charge is -2.26. The van der Waals surface area contributed by atoms with Crippen molar-refractivity contribution in [2.75, 3.05) is 17.7 Å². The summed E-state index contributed by atoms with van der Waals surface area (Å²) in [5.41, 5.74) is 15.9. The molecule has 2 heterocycles. The minimum absolute atomic E-state index is 0.0132. The molecule has 1 aromatic carbocycles. The Balaban J connectivity index is 2.09. The molecule has 3 aromatic rings. The predicted molar refractivity (Wildman–Crippen MR) is 144 cm³/mol. The maximum atomic E-state index is 11.4. The number of nitrogens with two attached hydrogens (primary N) is 2. The van der Waals surface area contributed by atoms with Gasteiger partial charge in [0, 0.05) is 33.5 Å². The highest BCUT2D eigenvalue weighted by Gasteiger charge is 2.25. The fourth-order valence-corrected chi connectivity index (χ4v) is 4.56. The van der Waals surface area contributed by atoms with Crippen LogP contribution in [0, 0.1) is 12.8 Å². The number of nitrogens with one attached hydrogen (secondary N) is 1. The van der Waals surface area contributed by atoms with E-state index in [2.05, 4.69) is 41.2 Å². The zero-order valence-electron chi connectivity index (χ0n) is 21.8. The van der Waals surface area contributed by atoms with E-state index in [0.717, 1.165) is 34.2 Å². The molecule has 0 saturated heterocycles. The molecule has 9 nitrogen and oxygen atoms in total. The number of primary amides is 1. The van der Waals surface area contributed by atoms with E-state index in [-0.39, 0.29) is 18.5 Å². The highest BCUT2D eigenvalue weighted by molar-refractivity contribution is 6.32. The van der Waals surface area contributed by atoms with Gasteiger partial charge in [-0.1, -0.05) is 38.8 Å². The number of carbonyl (C=O) groups is 1. The molecule has 3 atom stereocenters. The van der Waals surface area contributed by atoms with E-state index in [1.54, 1.807) is 12.4 Å². The lowest BCUT2D eigenvalue weighted by Crippen LogP contribution is -2.18. The van der Waals surface area contributed by atoms with E-state index < -0.39 is 5.91 Å². The van der Waals surface area contributed by atoms with Crippen LogP contribution in [0.1, 0.15) is 69.7 Å². The third-order valence-corrected chi connectivity index (χ3v) is 7.11. The van der Waals surface area contributed by atoms with Gasteiger partial charge < -0.3 is 21.5 Å². The Bertz CT molecular complexity index is 1230. The van der Waals surface area contributed by atoms with Gasteiger partial charge in [0.15, 0.2) is 0 Å². The first-order chi connectivity index (χ1) is 17.1. The molecule has 5 N–H and O–H groups in total. The SMILES string of the molecule is CCOc1c(C(C)Nc2ncnc(N)c2C(C)C(C)CC)cc(Cl)c(C)c1-c1cnn(CC(N)=O)c1. The van der Waals surface area contributed by atoms with Crippen LogP contribution in [0.15, 0.2) is 24.8 Å². The van der Waals surface area contributed by atoms with Gasteiger partial charge in [-0.2, -0.15) is 5.10 Å². The number of nitrogens with zero attached hydrogens (tertiary/aromatic N) is 4. The molecule has 0 spiro atoms. The van der Waals surface area contributed by atoms with E-state index in [1.807, 2.05) is 26.8 Å². The summed E-state index contributed by atoms with van der Waals surface area (Å²) < 4.78 is 7.68. The Morgan fingerprint density at radius 1 is 1.25 bits per heavy atom. The number of rotatable bonds is 11. The first kappa shape index (κ1) is 27.3. The normalized spacial score (nSPS) is 13.8. The van der Waals surface area contributed by atoms with Crippen LogP contribution >= 0.6 is 11.6 Å². The monoisotopic (exact) mass is 513 g/mol. The van der Waals surface area contributed by atoms with Crippen molar-refractivity contribution in [1.82, 2.24) is 19.7 Å². The number of benzene rings is 1. The van der Waals surface area contributed by atoms with E-state index >= 15 is 0 Å². The number of carbonyl (C=O) groups excluding carboxylic acids is 1. The molecule has 0 radical (unpaired) electrons. The van der Waals surface area contributed by atoms with Gasteiger partial charge in [-0.15, -0.1) is 0 Å². The maximum absolute atomic E-state index is 11.4. The number of amides is 1. The van der Waals surface area contributed by atoms with Crippen molar-refractivity contribution in [2.24, 2.45) is 11.7 Å². The third-order valence-electron chi connectivity index (χ3n) is 6.72. The van der Waals surface area contributed by atoms with E-state index in [4.69, 9.17) is 27.8 Å². The number of ether oxygens (including phenoxy) is 1. The number of halogens is 1. The van der Waals surface area contributed by atoms with Crippen LogP contribution in [0.4, 0.5) is 11.6 Å². The lowest BCUT2D eigenvalue weighted by atomic mass is 9.87. The van der Waals surface area contributed by atoms with E-state index in [0.29, 0.717) is 34.9 Å². The summed E-state index contributed by atoms with van der Waals surface area (Å²) in [4.78, 5) is 20.2. The summed E-state index contributed by atoms with van der Waals surface area (Å²) in [7, 11) is 0. The zero-order chi connectivity index (χ0) is 26.6. The molecule has 0 aliphatic heterocycles. The molecule has 36 heavy (non-hydrogen) atoms. The number of nitrogen functional groups attached to an aromatic ring is 1. The summed E-state index contributed by atoms with van der Waals surface area (Å²) in [5, 5.41) is 8.41. The van der Waals surface area contributed by atoms with Crippen molar-refractivity contribution in [1.29, 1.82) is 0 Å². The third kappa shape index (κ3) is 5.73. The quantitative estimate of drug-likeness (QED) is 0.325. The van der Waals surface area contributed by atoms with Gasteiger partial charge in [-0.25, -0.2) is 9.97 Å². The summed E-state index contributed by atoms with van der Waals surface area (Å²) in [6, 6.07) is 1.69. The molecule has 0 aliphatic rings. The average Bonchev–Trinajstić information content (AvgIpc) is 3.27. The first-order valence-corrected chi connectivity index (χ1v) is 12.6. The Kier molecular flexibility index (Phi) is 8.79. The summed E-state index contributed by atoms with van der Waals surface area (Å²) >= 11 is 6.72. The molecule has 0 aliphatic carbocycles. The number of aromatic nitrogens is 4. The molecule has 3 rings (SSSR count). The van der Waals surface area contributed by atoms with Gasteiger partial charge in [0.25, 0.3) is 0 Å². The number of hydrogen-bond donors (Lipinski definition) is 3. The second-order valence-electron chi connectivity index (χ2n) is 9.16. The van der Waals surface area contributed by atoms with Crippen molar-refractivity contribution in [3.8, 4) is 16.9 Å². The van der Waals surface area contributed by atoms with Crippen LogP contribution in [0.25, 0.3) is 11.1 Å². The largest absolute Gasteiger partial charge is 0.493 e. The predicted octanol–water partition coefficient (Wildman–Crippen LogP) is 5.09. The summed E-state index contributed by atoms with van der Waals surface area (Å²) in [6.07, 6.45) is 5.94. The maximum Gasteiger partial charge on any atom is 0.239 e.